The van der Waals surface area contributed by atoms with E-state index in [4.69, 9.17) is 0 Å². The SMILES string of the molecule is CC(C)NCCCc1nnc(-c2ccc(F)c(Br)c2)s1. The van der Waals surface area contributed by atoms with Crippen LogP contribution in [0.4, 0.5) is 4.39 Å². The summed E-state index contributed by atoms with van der Waals surface area (Å²) < 4.78 is 13.7. The molecular weight excluding hydrogens is 341 g/mol. The van der Waals surface area contributed by atoms with E-state index in [9.17, 15) is 4.39 Å². The van der Waals surface area contributed by atoms with Crippen molar-refractivity contribution >= 4 is 27.3 Å². The number of nitrogens with zero attached hydrogens (tertiary/aromatic N) is 2. The second kappa shape index (κ2) is 7.24. The van der Waals surface area contributed by atoms with Crippen molar-refractivity contribution in [1.82, 2.24) is 15.5 Å². The summed E-state index contributed by atoms with van der Waals surface area (Å²) in [7, 11) is 0. The third-order valence-corrected chi connectivity index (χ3v) is 4.39. The van der Waals surface area contributed by atoms with Gasteiger partial charge in [0, 0.05) is 18.0 Å². The first-order valence-corrected chi connectivity index (χ1v) is 8.18. The zero-order chi connectivity index (χ0) is 14.5. The molecule has 0 saturated heterocycles. The quantitative estimate of drug-likeness (QED) is 0.792. The van der Waals surface area contributed by atoms with Crippen LogP contribution >= 0.6 is 27.3 Å². The minimum atomic E-state index is -0.266. The van der Waals surface area contributed by atoms with E-state index in [1.807, 2.05) is 0 Å². The molecule has 3 nitrogen and oxygen atoms in total. The summed E-state index contributed by atoms with van der Waals surface area (Å²) in [5.74, 6) is -0.266. The molecule has 0 aliphatic carbocycles. The maximum absolute atomic E-state index is 13.2. The lowest BCUT2D eigenvalue weighted by Crippen LogP contribution is -2.23. The lowest BCUT2D eigenvalue weighted by molar-refractivity contribution is 0.569. The Kier molecular flexibility index (Phi) is 5.63. The predicted molar refractivity (Wildman–Crippen MR) is 84.5 cm³/mol. The number of hydrogen-bond acceptors (Lipinski definition) is 4. The molecule has 0 aliphatic rings. The van der Waals surface area contributed by atoms with Crippen molar-refractivity contribution in [2.45, 2.75) is 32.7 Å². The molecule has 0 atom stereocenters. The number of benzene rings is 1. The normalized spacial score (nSPS) is 11.2. The van der Waals surface area contributed by atoms with Crippen molar-refractivity contribution in [2.24, 2.45) is 0 Å². The van der Waals surface area contributed by atoms with Gasteiger partial charge in [0.15, 0.2) is 0 Å². The molecule has 0 amide bonds. The average molecular weight is 358 g/mol. The highest BCUT2D eigenvalue weighted by atomic mass is 79.9. The van der Waals surface area contributed by atoms with Crippen molar-refractivity contribution in [1.29, 1.82) is 0 Å². The second-order valence-corrected chi connectivity index (χ2v) is 6.76. The number of aryl methyl sites for hydroxylation is 1. The van der Waals surface area contributed by atoms with Crippen LogP contribution in [0, 0.1) is 5.82 Å². The summed E-state index contributed by atoms with van der Waals surface area (Å²) in [4.78, 5) is 0. The van der Waals surface area contributed by atoms with Gasteiger partial charge in [-0.05, 0) is 47.1 Å². The summed E-state index contributed by atoms with van der Waals surface area (Å²) >= 11 is 4.75. The van der Waals surface area contributed by atoms with Crippen LogP contribution in [0.2, 0.25) is 0 Å². The van der Waals surface area contributed by atoms with Crippen LogP contribution in [0.1, 0.15) is 25.3 Å². The number of halogens is 2. The van der Waals surface area contributed by atoms with E-state index in [0.717, 1.165) is 35.0 Å². The first-order chi connectivity index (χ1) is 9.56. The van der Waals surface area contributed by atoms with Gasteiger partial charge in [0.2, 0.25) is 0 Å². The van der Waals surface area contributed by atoms with E-state index < -0.39 is 0 Å². The van der Waals surface area contributed by atoms with Crippen molar-refractivity contribution in [2.75, 3.05) is 6.54 Å². The fourth-order valence-electron chi connectivity index (χ4n) is 1.73. The third kappa shape index (κ3) is 4.33. The maximum atomic E-state index is 13.2. The zero-order valence-corrected chi connectivity index (χ0v) is 13.9. The molecule has 6 heteroatoms. The van der Waals surface area contributed by atoms with Crippen LogP contribution in [-0.2, 0) is 6.42 Å². The predicted octanol–water partition coefficient (Wildman–Crippen LogP) is 4.04. The van der Waals surface area contributed by atoms with Gasteiger partial charge in [0.1, 0.15) is 15.8 Å². The Balaban J connectivity index is 1.96. The van der Waals surface area contributed by atoms with Crippen LogP contribution in [0.5, 0.6) is 0 Å². The van der Waals surface area contributed by atoms with Crippen molar-refractivity contribution < 1.29 is 4.39 Å². The number of aromatic nitrogens is 2. The van der Waals surface area contributed by atoms with E-state index in [2.05, 4.69) is 45.3 Å². The molecule has 0 saturated carbocycles. The lowest BCUT2D eigenvalue weighted by Gasteiger charge is -2.05. The van der Waals surface area contributed by atoms with Gasteiger partial charge < -0.3 is 5.32 Å². The molecule has 0 unspecified atom stereocenters. The Hall–Kier alpha value is -0.850. The first-order valence-electron chi connectivity index (χ1n) is 6.57. The van der Waals surface area contributed by atoms with Crippen molar-refractivity contribution in [3.8, 4) is 10.6 Å². The standard InChI is InChI=1S/C14H17BrFN3S/c1-9(2)17-7-3-4-13-18-19-14(20-13)10-5-6-12(16)11(15)8-10/h5-6,8-9,17H,3-4,7H2,1-2H3. The molecule has 2 rings (SSSR count). The lowest BCUT2D eigenvalue weighted by atomic mass is 10.2. The molecule has 0 bridgehead atoms. The Morgan fingerprint density at radius 1 is 1.35 bits per heavy atom. The summed E-state index contributed by atoms with van der Waals surface area (Å²) in [5, 5.41) is 13.6. The summed E-state index contributed by atoms with van der Waals surface area (Å²) in [5.41, 5.74) is 0.891. The Labute approximate surface area is 130 Å². The van der Waals surface area contributed by atoms with Gasteiger partial charge in [0.25, 0.3) is 0 Å². The minimum absolute atomic E-state index is 0.266. The Morgan fingerprint density at radius 3 is 2.85 bits per heavy atom. The Morgan fingerprint density at radius 2 is 2.15 bits per heavy atom. The summed E-state index contributed by atoms with van der Waals surface area (Å²) in [6.07, 6.45) is 1.96. The molecular formula is C14H17BrFN3S. The highest BCUT2D eigenvalue weighted by molar-refractivity contribution is 9.10. The van der Waals surface area contributed by atoms with Gasteiger partial charge in [-0.1, -0.05) is 25.2 Å². The molecule has 20 heavy (non-hydrogen) atoms. The maximum Gasteiger partial charge on any atom is 0.147 e. The molecule has 108 valence electrons. The molecule has 1 aromatic heterocycles. The molecule has 0 spiro atoms. The van der Waals surface area contributed by atoms with Crippen molar-refractivity contribution in [3.63, 3.8) is 0 Å². The van der Waals surface area contributed by atoms with E-state index in [1.165, 1.54) is 6.07 Å². The first kappa shape index (κ1) is 15.5. The van der Waals surface area contributed by atoms with Gasteiger partial charge >= 0.3 is 0 Å². The number of nitrogens with one attached hydrogen (secondary N) is 1. The molecule has 1 heterocycles. The topological polar surface area (TPSA) is 37.8 Å². The highest BCUT2D eigenvalue weighted by Crippen LogP contribution is 2.27. The van der Waals surface area contributed by atoms with Crippen LogP contribution in [0.25, 0.3) is 10.6 Å². The van der Waals surface area contributed by atoms with Gasteiger partial charge in [-0.15, -0.1) is 10.2 Å². The van der Waals surface area contributed by atoms with Crippen molar-refractivity contribution in [3.05, 3.63) is 33.5 Å². The van der Waals surface area contributed by atoms with E-state index in [-0.39, 0.29) is 5.82 Å². The average Bonchev–Trinajstić information content (AvgIpc) is 2.86. The highest BCUT2D eigenvalue weighted by Gasteiger charge is 2.08. The van der Waals surface area contributed by atoms with Crippen LogP contribution in [0.3, 0.4) is 0 Å². The Bertz CT molecular complexity index is 571. The third-order valence-electron chi connectivity index (χ3n) is 2.75. The zero-order valence-electron chi connectivity index (χ0n) is 11.5. The van der Waals surface area contributed by atoms with Crippen LogP contribution in [-0.4, -0.2) is 22.8 Å². The van der Waals surface area contributed by atoms with Gasteiger partial charge in [0.05, 0.1) is 4.47 Å². The van der Waals surface area contributed by atoms with Gasteiger partial charge in [-0.2, -0.15) is 0 Å². The summed E-state index contributed by atoms with van der Waals surface area (Å²) in [6, 6.07) is 5.41. The van der Waals surface area contributed by atoms with Crippen LogP contribution in [0.15, 0.2) is 22.7 Å². The number of rotatable bonds is 6. The van der Waals surface area contributed by atoms with Gasteiger partial charge in [-0.25, -0.2) is 4.39 Å². The smallest absolute Gasteiger partial charge is 0.147 e. The fraction of sp³-hybridized carbons (Fsp3) is 0.429. The van der Waals surface area contributed by atoms with E-state index in [0.29, 0.717) is 10.5 Å². The molecule has 0 fully saturated rings. The number of hydrogen-bond donors (Lipinski definition) is 1. The minimum Gasteiger partial charge on any atom is -0.315 e. The molecule has 1 aromatic carbocycles. The second-order valence-electron chi connectivity index (χ2n) is 4.84. The van der Waals surface area contributed by atoms with E-state index in [1.54, 1.807) is 23.5 Å². The molecule has 0 aliphatic heterocycles. The molecule has 0 radical (unpaired) electrons. The van der Waals surface area contributed by atoms with E-state index >= 15 is 0 Å². The fourth-order valence-corrected chi connectivity index (χ4v) is 2.99. The van der Waals surface area contributed by atoms with Crippen LogP contribution < -0.4 is 5.32 Å². The largest absolute Gasteiger partial charge is 0.315 e. The van der Waals surface area contributed by atoms with Gasteiger partial charge in [-0.3, -0.25) is 0 Å². The summed E-state index contributed by atoms with van der Waals surface area (Å²) in [6.45, 7) is 5.25. The molecule has 1 N–H and O–H groups in total. The molecule has 2 aromatic rings. The monoisotopic (exact) mass is 357 g/mol.